The molecule has 35 heavy (non-hydrogen) atoms. The van der Waals surface area contributed by atoms with Gasteiger partial charge in [-0.1, -0.05) is 47.9 Å². The highest BCUT2D eigenvalue weighted by Crippen LogP contribution is 2.26. The lowest BCUT2D eigenvalue weighted by atomic mass is 10.1. The number of aliphatic hydroxyl groups is 1. The monoisotopic (exact) mass is 484 g/mol. The maximum Gasteiger partial charge on any atom is 0.263 e. The van der Waals surface area contributed by atoms with Crippen molar-refractivity contribution in [2.24, 2.45) is 0 Å². The van der Waals surface area contributed by atoms with E-state index in [9.17, 15) is 9.90 Å². The van der Waals surface area contributed by atoms with Crippen molar-refractivity contribution in [3.63, 3.8) is 0 Å². The molecule has 0 fully saturated rings. The largest absolute Gasteiger partial charge is 0.383 e. The second-order valence-electron chi connectivity index (χ2n) is 8.18. The van der Waals surface area contributed by atoms with Gasteiger partial charge in [-0.2, -0.15) is 5.10 Å². The quantitative estimate of drug-likeness (QED) is 0.379. The smallest absolute Gasteiger partial charge is 0.263 e. The summed E-state index contributed by atoms with van der Waals surface area (Å²) in [5.41, 5.74) is 8.85. The topological polar surface area (TPSA) is 112 Å². The minimum atomic E-state index is -0.838. The molecule has 174 valence electrons. The Morgan fingerprint density at radius 3 is 2.71 bits per heavy atom. The summed E-state index contributed by atoms with van der Waals surface area (Å²) in [6, 6.07) is 14.9. The number of para-hydroxylation sites is 1. The van der Waals surface area contributed by atoms with Gasteiger partial charge in [-0.15, -0.1) is 0 Å². The predicted molar refractivity (Wildman–Crippen MR) is 137 cm³/mol. The molecular weight excluding hydrogens is 464 g/mol. The van der Waals surface area contributed by atoms with Gasteiger partial charge >= 0.3 is 0 Å². The van der Waals surface area contributed by atoms with E-state index in [0.29, 0.717) is 38.5 Å². The molecule has 0 saturated carbocycles. The molecule has 1 atom stereocenters. The molecule has 0 aliphatic rings. The number of nitrogen functional groups attached to an aromatic ring is 1. The van der Waals surface area contributed by atoms with Crippen molar-refractivity contribution in [2.45, 2.75) is 26.5 Å². The fourth-order valence-corrected chi connectivity index (χ4v) is 4.38. The molecule has 0 bridgehead atoms. The van der Waals surface area contributed by atoms with Crippen LogP contribution in [0.15, 0.2) is 59.7 Å². The average molecular weight is 485 g/mol. The predicted octanol–water partition coefficient (Wildman–Crippen LogP) is 3.46. The SMILES string of the molecule is Cc1cccc2cc(Cn3nc(C#CC(C)O)c4c(N)ncnc43)n(-c3ccccc3Cl)c(=O)c12. The second kappa shape index (κ2) is 8.87. The summed E-state index contributed by atoms with van der Waals surface area (Å²) in [7, 11) is 0. The van der Waals surface area contributed by atoms with E-state index >= 15 is 0 Å². The summed E-state index contributed by atoms with van der Waals surface area (Å²) in [4.78, 5) is 22.2. The molecule has 0 spiro atoms. The number of halogens is 1. The number of aryl methyl sites for hydroxylation is 1. The Morgan fingerprint density at radius 2 is 1.94 bits per heavy atom. The summed E-state index contributed by atoms with van der Waals surface area (Å²) in [6.45, 7) is 3.66. The number of fused-ring (bicyclic) bond motifs is 2. The summed E-state index contributed by atoms with van der Waals surface area (Å²) in [5.74, 6) is 5.78. The third-order valence-electron chi connectivity index (χ3n) is 5.69. The summed E-state index contributed by atoms with van der Waals surface area (Å²) in [6.07, 6.45) is 0.516. The first-order valence-electron chi connectivity index (χ1n) is 10.9. The first-order chi connectivity index (χ1) is 16.8. The minimum Gasteiger partial charge on any atom is -0.383 e. The molecule has 8 nitrogen and oxygen atoms in total. The normalized spacial score (nSPS) is 12.0. The molecule has 3 aromatic heterocycles. The molecule has 3 N–H and O–H groups in total. The van der Waals surface area contributed by atoms with Gasteiger partial charge in [0, 0.05) is 5.69 Å². The van der Waals surface area contributed by atoms with Crippen molar-refractivity contribution in [1.82, 2.24) is 24.3 Å². The van der Waals surface area contributed by atoms with Crippen LogP contribution >= 0.6 is 11.6 Å². The highest BCUT2D eigenvalue weighted by molar-refractivity contribution is 6.32. The van der Waals surface area contributed by atoms with Crippen molar-refractivity contribution in [1.29, 1.82) is 0 Å². The van der Waals surface area contributed by atoms with Gasteiger partial charge in [0.15, 0.2) is 5.65 Å². The van der Waals surface area contributed by atoms with Crippen LogP contribution in [0.25, 0.3) is 27.5 Å². The van der Waals surface area contributed by atoms with Crippen LogP contribution in [-0.2, 0) is 6.54 Å². The molecule has 2 aromatic carbocycles. The van der Waals surface area contributed by atoms with E-state index in [4.69, 9.17) is 17.3 Å². The zero-order chi connectivity index (χ0) is 24.7. The number of benzene rings is 2. The number of anilines is 1. The van der Waals surface area contributed by atoms with Gasteiger partial charge < -0.3 is 10.8 Å². The number of pyridine rings is 1. The van der Waals surface area contributed by atoms with Crippen LogP contribution in [0.1, 0.15) is 23.9 Å². The van der Waals surface area contributed by atoms with Crippen molar-refractivity contribution >= 4 is 39.2 Å². The van der Waals surface area contributed by atoms with Crippen LogP contribution in [0.2, 0.25) is 5.02 Å². The Kier molecular flexibility index (Phi) is 5.73. The van der Waals surface area contributed by atoms with E-state index < -0.39 is 6.10 Å². The van der Waals surface area contributed by atoms with Crippen molar-refractivity contribution in [3.05, 3.63) is 87.2 Å². The summed E-state index contributed by atoms with van der Waals surface area (Å²) < 4.78 is 3.24. The average Bonchev–Trinajstić information content (AvgIpc) is 3.17. The molecule has 0 saturated heterocycles. The second-order valence-corrected chi connectivity index (χ2v) is 8.58. The first kappa shape index (κ1) is 22.6. The van der Waals surface area contributed by atoms with Crippen molar-refractivity contribution in [2.75, 3.05) is 5.73 Å². The van der Waals surface area contributed by atoms with Gasteiger partial charge in [-0.05, 0) is 48.9 Å². The van der Waals surface area contributed by atoms with Crippen LogP contribution in [0.4, 0.5) is 5.82 Å². The third-order valence-corrected chi connectivity index (χ3v) is 6.01. The molecule has 0 amide bonds. The lowest BCUT2D eigenvalue weighted by Crippen LogP contribution is -2.24. The van der Waals surface area contributed by atoms with Crippen molar-refractivity contribution in [3.8, 4) is 17.5 Å². The van der Waals surface area contributed by atoms with Crippen LogP contribution < -0.4 is 11.3 Å². The molecule has 5 rings (SSSR count). The van der Waals surface area contributed by atoms with Gasteiger partial charge in [0.05, 0.1) is 28.0 Å². The number of aliphatic hydroxyl groups excluding tert-OH is 1. The van der Waals surface area contributed by atoms with E-state index in [0.717, 1.165) is 10.9 Å². The highest BCUT2D eigenvalue weighted by Gasteiger charge is 2.19. The molecule has 0 aliphatic heterocycles. The number of hydrogen-bond acceptors (Lipinski definition) is 6. The van der Waals surface area contributed by atoms with Gasteiger partial charge in [0.1, 0.15) is 23.9 Å². The third kappa shape index (κ3) is 4.01. The molecule has 1 unspecified atom stereocenters. The number of hydrogen-bond donors (Lipinski definition) is 2. The van der Waals surface area contributed by atoms with E-state index in [-0.39, 0.29) is 17.9 Å². The van der Waals surface area contributed by atoms with Crippen LogP contribution in [-0.4, -0.2) is 35.5 Å². The number of nitrogens with zero attached hydrogens (tertiary/aromatic N) is 5. The first-order valence-corrected chi connectivity index (χ1v) is 11.3. The van der Waals surface area contributed by atoms with E-state index in [2.05, 4.69) is 26.9 Å². The number of rotatable bonds is 3. The van der Waals surface area contributed by atoms with Gasteiger partial charge in [-0.3, -0.25) is 9.36 Å². The molecule has 5 aromatic rings. The maximum absolute atomic E-state index is 13.8. The van der Waals surface area contributed by atoms with Gasteiger partial charge in [0.2, 0.25) is 0 Å². The Hall–Kier alpha value is -4.19. The van der Waals surface area contributed by atoms with Crippen molar-refractivity contribution < 1.29 is 5.11 Å². The fourth-order valence-electron chi connectivity index (χ4n) is 4.16. The van der Waals surface area contributed by atoms with E-state index in [1.807, 2.05) is 43.3 Å². The maximum atomic E-state index is 13.8. The lowest BCUT2D eigenvalue weighted by Gasteiger charge is -2.17. The van der Waals surface area contributed by atoms with Crippen LogP contribution in [0.5, 0.6) is 0 Å². The van der Waals surface area contributed by atoms with Gasteiger partial charge in [-0.25, -0.2) is 14.6 Å². The van der Waals surface area contributed by atoms with Crippen LogP contribution in [0, 0.1) is 18.8 Å². The molecule has 0 aliphatic carbocycles. The Balaban J connectivity index is 1.79. The highest BCUT2D eigenvalue weighted by atomic mass is 35.5. The zero-order valence-corrected chi connectivity index (χ0v) is 19.8. The summed E-state index contributed by atoms with van der Waals surface area (Å²) in [5, 5.41) is 16.6. The number of nitrogens with two attached hydrogens (primary N) is 1. The van der Waals surface area contributed by atoms with E-state index in [1.165, 1.54) is 6.33 Å². The van der Waals surface area contributed by atoms with E-state index in [1.54, 1.807) is 28.3 Å². The fraction of sp³-hybridized carbons (Fsp3) is 0.154. The van der Waals surface area contributed by atoms with Crippen LogP contribution in [0.3, 0.4) is 0 Å². The molecule has 0 radical (unpaired) electrons. The lowest BCUT2D eigenvalue weighted by molar-refractivity contribution is 0.253. The summed E-state index contributed by atoms with van der Waals surface area (Å²) >= 11 is 6.53. The zero-order valence-electron chi connectivity index (χ0n) is 19.0. The Labute approximate surface area is 205 Å². The molecular formula is C26H21ClN6O2. The molecule has 3 heterocycles. The van der Waals surface area contributed by atoms with Gasteiger partial charge in [0.25, 0.3) is 5.56 Å². The minimum absolute atomic E-state index is 0.177. The Morgan fingerprint density at radius 1 is 1.14 bits per heavy atom. The number of aromatic nitrogens is 5. The molecule has 9 heteroatoms. The standard InChI is InChI=1S/C26H21ClN6O2/c1-15-6-5-7-17-12-18(33(26(35)22(15)17)21-9-4-3-8-19(21)27)13-32-25-23(24(28)29-14-30-25)20(31-32)11-10-16(2)34/h3-9,12,14,16,34H,13H2,1-2H3,(H2,28,29,30). The Bertz CT molecular complexity index is 1730.